The summed E-state index contributed by atoms with van der Waals surface area (Å²) in [4.78, 5) is 6.75. The summed E-state index contributed by atoms with van der Waals surface area (Å²) >= 11 is 0. The lowest BCUT2D eigenvalue weighted by Gasteiger charge is -2.36. The Labute approximate surface area is 103 Å². The number of nitrogens with zero attached hydrogens (tertiary/aromatic N) is 3. The molecule has 1 unspecified atom stereocenters. The minimum absolute atomic E-state index is 0.368. The zero-order valence-corrected chi connectivity index (χ0v) is 10.9. The van der Waals surface area contributed by atoms with Gasteiger partial charge in [0.25, 0.3) is 0 Å². The molecular weight excluding hydrogens is 216 g/mol. The fourth-order valence-electron chi connectivity index (χ4n) is 2.09. The monoisotopic (exact) mass is 238 g/mol. The first kappa shape index (κ1) is 12.4. The van der Waals surface area contributed by atoms with Crippen molar-refractivity contribution in [1.29, 1.82) is 0 Å². The lowest BCUT2D eigenvalue weighted by Crippen LogP contribution is -2.52. The van der Waals surface area contributed by atoms with Crippen molar-refractivity contribution in [2.24, 2.45) is 7.05 Å². The number of nitrogens with one attached hydrogen (secondary N) is 1. The Morgan fingerprint density at radius 2 is 2.41 bits per heavy atom. The van der Waals surface area contributed by atoms with Crippen LogP contribution in [0.3, 0.4) is 0 Å². The predicted molar refractivity (Wildman–Crippen MR) is 68.3 cm³/mol. The highest BCUT2D eigenvalue weighted by Crippen LogP contribution is 2.16. The van der Waals surface area contributed by atoms with E-state index >= 15 is 0 Å². The van der Waals surface area contributed by atoms with Crippen LogP contribution in [0.1, 0.15) is 13.8 Å². The second-order valence-corrected chi connectivity index (χ2v) is 4.82. The molecule has 5 heteroatoms. The van der Waals surface area contributed by atoms with E-state index in [4.69, 9.17) is 4.74 Å². The standard InChI is InChI=1S/C12H22N4O/c1-10(2)14-8-11-9-17-7-6-16(11)12-13-4-5-15(12)3/h4-5,10-11,14H,6-9H2,1-3H3. The van der Waals surface area contributed by atoms with Gasteiger partial charge in [-0.25, -0.2) is 4.98 Å². The number of imidazole rings is 1. The minimum Gasteiger partial charge on any atom is -0.377 e. The van der Waals surface area contributed by atoms with E-state index in [1.165, 1.54) is 0 Å². The first-order chi connectivity index (χ1) is 8.18. The van der Waals surface area contributed by atoms with E-state index in [0.29, 0.717) is 12.1 Å². The van der Waals surface area contributed by atoms with E-state index in [-0.39, 0.29) is 0 Å². The molecule has 1 aromatic rings. The van der Waals surface area contributed by atoms with Crippen molar-refractivity contribution < 1.29 is 4.74 Å². The summed E-state index contributed by atoms with van der Waals surface area (Å²) in [7, 11) is 2.03. The molecule has 1 saturated heterocycles. The van der Waals surface area contributed by atoms with Crippen LogP contribution in [0.15, 0.2) is 12.4 Å². The molecule has 1 aliphatic rings. The number of hydrogen-bond donors (Lipinski definition) is 1. The average Bonchev–Trinajstić information content (AvgIpc) is 2.73. The van der Waals surface area contributed by atoms with Crippen LogP contribution in [0.5, 0.6) is 0 Å². The fraction of sp³-hybridized carbons (Fsp3) is 0.750. The van der Waals surface area contributed by atoms with E-state index in [0.717, 1.165) is 32.3 Å². The smallest absolute Gasteiger partial charge is 0.205 e. The second-order valence-electron chi connectivity index (χ2n) is 4.82. The zero-order valence-electron chi connectivity index (χ0n) is 10.9. The summed E-state index contributed by atoms with van der Waals surface area (Å²) in [6, 6.07) is 0.868. The van der Waals surface area contributed by atoms with Crippen LogP contribution < -0.4 is 10.2 Å². The number of aryl methyl sites for hydroxylation is 1. The van der Waals surface area contributed by atoms with Gasteiger partial charge in [0, 0.05) is 38.6 Å². The van der Waals surface area contributed by atoms with E-state index in [9.17, 15) is 0 Å². The Hall–Kier alpha value is -1.07. The highest BCUT2D eigenvalue weighted by molar-refractivity contribution is 5.33. The molecular formula is C12H22N4O. The van der Waals surface area contributed by atoms with E-state index < -0.39 is 0 Å². The Balaban J connectivity index is 2.04. The van der Waals surface area contributed by atoms with Crippen LogP contribution in [-0.4, -0.2) is 47.9 Å². The van der Waals surface area contributed by atoms with Crippen LogP contribution >= 0.6 is 0 Å². The number of morpholine rings is 1. The van der Waals surface area contributed by atoms with Gasteiger partial charge in [-0.2, -0.15) is 0 Å². The normalized spacial score (nSPS) is 21.2. The molecule has 0 spiro atoms. The zero-order chi connectivity index (χ0) is 12.3. The van der Waals surface area contributed by atoms with Gasteiger partial charge in [-0.05, 0) is 0 Å². The predicted octanol–water partition coefficient (Wildman–Crippen LogP) is 0.623. The molecule has 1 fully saturated rings. The first-order valence-electron chi connectivity index (χ1n) is 6.23. The van der Waals surface area contributed by atoms with Crippen molar-refractivity contribution in [2.75, 3.05) is 31.2 Å². The molecule has 1 atom stereocenters. The van der Waals surface area contributed by atoms with Gasteiger partial charge in [-0.3, -0.25) is 0 Å². The molecule has 2 rings (SSSR count). The number of rotatable bonds is 4. The van der Waals surface area contributed by atoms with Crippen molar-refractivity contribution in [1.82, 2.24) is 14.9 Å². The quantitative estimate of drug-likeness (QED) is 0.835. The van der Waals surface area contributed by atoms with Gasteiger partial charge in [0.2, 0.25) is 5.95 Å². The Kier molecular flexibility index (Phi) is 4.02. The summed E-state index contributed by atoms with van der Waals surface area (Å²) in [5.74, 6) is 1.03. The SMILES string of the molecule is CC(C)NCC1COCCN1c1nccn1C. The summed E-state index contributed by atoms with van der Waals surface area (Å²) in [5.41, 5.74) is 0. The fourth-order valence-corrected chi connectivity index (χ4v) is 2.09. The number of hydrogen-bond acceptors (Lipinski definition) is 4. The molecule has 1 N–H and O–H groups in total. The van der Waals surface area contributed by atoms with Gasteiger partial charge >= 0.3 is 0 Å². The Morgan fingerprint density at radius 3 is 3.06 bits per heavy atom. The molecule has 96 valence electrons. The van der Waals surface area contributed by atoms with Crippen LogP contribution in [0, 0.1) is 0 Å². The van der Waals surface area contributed by atoms with Crippen LogP contribution in [0.2, 0.25) is 0 Å². The molecule has 0 saturated carbocycles. The molecule has 0 amide bonds. The summed E-state index contributed by atoms with van der Waals surface area (Å²) < 4.78 is 7.63. The van der Waals surface area contributed by atoms with Crippen molar-refractivity contribution in [3.05, 3.63) is 12.4 Å². The summed E-state index contributed by atoms with van der Waals surface area (Å²) in [6.45, 7) is 7.72. The third kappa shape index (κ3) is 2.98. The molecule has 0 bridgehead atoms. The molecule has 2 heterocycles. The summed E-state index contributed by atoms with van der Waals surface area (Å²) in [5, 5.41) is 3.47. The number of anilines is 1. The van der Waals surface area contributed by atoms with Crippen molar-refractivity contribution in [3.63, 3.8) is 0 Å². The molecule has 17 heavy (non-hydrogen) atoms. The van der Waals surface area contributed by atoms with Gasteiger partial charge < -0.3 is 19.5 Å². The molecule has 0 aliphatic carbocycles. The molecule has 5 nitrogen and oxygen atoms in total. The first-order valence-corrected chi connectivity index (χ1v) is 6.23. The maximum atomic E-state index is 5.56. The average molecular weight is 238 g/mol. The van der Waals surface area contributed by atoms with E-state index in [1.807, 2.05) is 19.4 Å². The molecule has 0 radical (unpaired) electrons. The van der Waals surface area contributed by atoms with Crippen molar-refractivity contribution in [2.45, 2.75) is 25.9 Å². The van der Waals surface area contributed by atoms with Gasteiger partial charge in [0.15, 0.2) is 0 Å². The van der Waals surface area contributed by atoms with Crippen molar-refractivity contribution in [3.8, 4) is 0 Å². The lowest BCUT2D eigenvalue weighted by atomic mass is 10.2. The van der Waals surface area contributed by atoms with Gasteiger partial charge in [0.1, 0.15) is 0 Å². The van der Waals surface area contributed by atoms with E-state index in [1.54, 1.807) is 0 Å². The number of ether oxygens (including phenoxy) is 1. The van der Waals surface area contributed by atoms with Gasteiger partial charge in [-0.15, -0.1) is 0 Å². The number of aromatic nitrogens is 2. The Morgan fingerprint density at radius 1 is 1.59 bits per heavy atom. The summed E-state index contributed by atoms with van der Waals surface area (Å²) in [6.07, 6.45) is 3.83. The van der Waals surface area contributed by atoms with Crippen molar-refractivity contribution >= 4 is 5.95 Å². The van der Waals surface area contributed by atoms with Crippen LogP contribution in [-0.2, 0) is 11.8 Å². The highest BCUT2D eigenvalue weighted by Gasteiger charge is 2.25. The second kappa shape index (κ2) is 5.51. The third-order valence-corrected chi connectivity index (χ3v) is 3.04. The minimum atomic E-state index is 0.368. The lowest BCUT2D eigenvalue weighted by molar-refractivity contribution is 0.0920. The largest absolute Gasteiger partial charge is 0.377 e. The maximum Gasteiger partial charge on any atom is 0.205 e. The molecule has 1 aromatic heterocycles. The van der Waals surface area contributed by atoms with Crippen LogP contribution in [0.25, 0.3) is 0 Å². The van der Waals surface area contributed by atoms with Gasteiger partial charge in [0.05, 0.1) is 19.3 Å². The Bertz CT molecular complexity index is 350. The maximum absolute atomic E-state index is 5.56. The van der Waals surface area contributed by atoms with E-state index in [2.05, 4.69) is 33.6 Å². The van der Waals surface area contributed by atoms with Crippen LogP contribution in [0.4, 0.5) is 5.95 Å². The molecule has 0 aromatic carbocycles. The van der Waals surface area contributed by atoms with Gasteiger partial charge in [-0.1, -0.05) is 13.8 Å². The highest BCUT2D eigenvalue weighted by atomic mass is 16.5. The molecule has 1 aliphatic heterocycles. The third-order valence-electron chi connectivity index (χ3n) is 3.04. The topological polar surface area (TPSA) is 42.3 Å².